The van der Waals surface area contributed by atoms with Crippen molar-refractivity contribution in [2.45, 2.75) is 6.92 Å². The minimum atomic E-state index is -4.61. The maximum atomic E-state index is 9.00. The van der Waals surface area contributed by atoms with Crippen molar-refractivity contribution in [3.05, 3.63) is 0 Å². The first-order chi connectivity index (χ1) is 3.73. The van der Waals surface area contributed by atoms with Crippen LogP contribution in [-0.2, 0) is 4.79 Å². The fourth-order valence-corrected chi connectivity index (χ4v) is 0. The summed E-state index contributed by atoms with van der Waals surface area (Å²) in [6, 6.07) is 0. The second-order valence-electron chi connectivity index (χ2n) is 1.12. The van der Waals surface area contributed by atoms with Gasteiger partial charge in [0.2, 0.25) is 0 Å². The molecule has 66 valence electrons. The van der Waals surface area contributed by atoms with Gasteiger partial charge in [-0.15, -0.1) is 0 Å². The van der Waals surface area contributed by atoms with E-state index in [9.17, 15) is 0 Å². The Morgan fingerprint density at radius 3 is 1.18 bits per heavy atom. The van der Waals surface area contributed by atoms with Crippen molar-refractivity contribution in [1.29, 1.82) is 0 Å². The average molecular weight is 197 g/mol. The Balaban J connectivity index is -0.0000000383. The summed E-state index contributed by atoms with van der Waals surface area (Å²) >= 11 is 0. The Morgan fingerprint density at radius 1 is 1.18 bits per heavy atom. The summed E-state index contributed by atoms with van der Waals surface area (Å²) in [4.78, 5) is 38.3. The molecule has 0 heterocycles. The number of rotatable bonds is 0. The molecular formula is C2H12NNaO6Si. The van der Waals surface area contributed by atoms with E-state index in [2.05, 4.69) is 0 Å². The van der Waals surface area contributed by atoms with E-state index in [4.69, 9.17) is 29.1 Å². The molecule has 0 saturated carbocycles. The van der Waals surface area contributed by atoms with Crippen LogP contribution in [0.1, 0.15) is 6.92 Å². The van der Waals surface area contributed by atoms with Crippen molar-refractivity contribution < 1.29 is 29.1 Å². The first-order valence-corrected chi connectivity index (χ1v) is 3.61. The Hall–Kier alpha value is 0.487. The predicted octanol–water partition coefficient (Wildman–Crippen LogP) is -3.00. The molecule has 8 N–H and O–H groups in total. The third-order valence-corrected chi connectivity index (χ3v) is 0. The summed E-state index contributed by atoms with van der Waals surface area (Å²) < 4.78 is 0. The molecule has 11 heavy (non-hydrogen) atoms. The number of aliphatic carboxylic acids is 1. The van der Waals surface area contributed by atoms with Gasteiger partial charge in [-0.1, -0.05) is 0 Å². The van der Waals surface area contributed by atoms with Crippen LogP contribution < -0.4 is 6.15 Å². The number of carboxylic acid groups (broad SMARTS) is 1. The quantitative estimate of drug-likeness (QED) is 0.226. The molecule has 0 aliphatic rings. The van der Waals surface area contributed by atoms with Crippen molar-refractivity contribution in [3.8, 4) is 0 Å². The van der Waals surface area contributed by atoms with Crippen LogP contribution in [0.3, 0.4) is 0 Å². The molecule has 0 unspecified atom stereocenters. The number of hydrogen-bond acceptors (Lipinski definition) is 6. The molecule has 0 spiro atoms. The molecule has 0 radical (unpaired) electrons. The number of carbonyl (C=O) groups is 1. The van der Waals surface area contributed by atoms with Crippen LogP contribution in [0, 0.1) is 0 Å². The van der Waals surface area contributed by atoms with Crippen LogP contribution >= 0.6 is 0 Å². The molecule has 0 aliphatic carbocycles. The van der Waals surface area contributed by atoms with Gasteiger partial charge in [-0.2, -0.15) is 0 Å². The van der Waals surface area contributed by atoms with Gasteiger partial charge in [-0.25, -0.2) is 0 Å². The van der Waals surface area contributed by atoms with Crippen molar-refractivity contribution in [3.63, 3.8) is 0 Å². The van der Waals surface area contributed by atoms with Gasteiger partial charge >= 0.3 is 38.6 Å². The van der Waals surface area contributed by atoms with Crippen molar-refractivity contribution >= 4 is 44.6 Å². The van der Waals surface area contributed by atoms with Gasteiger partial charge in [0.05, 0.1) is 0 Å². The van der Waals surface area contributed by atoms with E-state index in [1.807, 2.05) is 0 Å². The number of carboxylic acids is 1. The van der Waals surface area contributed by atoms with Gasteiger partial charge in [0, 0.05) is 6.92 Å². The summed E-state index contributed by atoms with van der Waals surface area (Å²) in [6.45, 7) is 1.08. The van der Waals surface area contributed by atoms with Gasteiger partial charge in [-0.3, -0.25) is 4.79 Å². The fourth-order valence-electron chi connectivity index (χ4n) is 0. The Morgan fingerprint density at radius 2 is 1.18 bits per heavy atom. The molecule has 0 aromatic carbocycles. The molecule has 0 atom stereocenters. The zero-order chi connectivity index (χ0) is 8.08. The van der Waals surface area contributed by atoms with Crippen molar-refractivity contribution in [2.75, 3.05) is 0 Å². The molecule has 0 saturated heterocycles. The first-order valence-electron chi connectivity index (χ1n) is 1.82. The normalized spacial score (nSPS) is 7.73. The summed E-state index contributed by atoms with van der Waals surface area (Å²) in [6.07, 6.45) is 0. The summed E-state index contributed by atoms with van der Waals surface area (Å²) in [5.74, 6) is -0.833. The van der Waals surface area contributed by atoms with E-state index in [0.29, 0.717) is 0 Å². The third-order valence-electron chi connectivity index (χ3n) is 0. The van der Waals surface area contributed by atoms with Crippen molar-refractivity contribution in [1.82, 2.24) is 6.15 Å². The van der Waals surface area contributed by atoms with Gasteiger partial charge in [0.1, 0.15) is 0 Å². The standard InChI is InChI=1S/C2H4O2.H3N.Na.H4O4Si.H/c1-2(3)4;;;1-5(2,3)4;/h1H3,(H,3,4);1H3;;1-4H;. The fraction of sp³-hybridized carbons (Fsp3) is 0.500. The zero-order valence-electron chi connectivity index (χ0n) is 5.35. The second kappa shape index (κ2) is 10.5. The monoisotopic (exact) mass is 197 g/mol. The molecular weight excluding hydrogens is 185 g/mol. The molecule has 9 heteroatoms. The first kappa shape index (κ1) is 22.5. The van der Waals surface area contributed by atoms with Gasteiger partial charge in [0.15, 0.2) is 0 Å². The summed E-state index contributed by atoms with van der Waals surface area (Å²) in [7, 11) is -4.61. The summed E-state index contributed by atoms with van der Waals surface area (Å²) in [5.41, 5.74) is 0. The van der Waals surface area contributed by atoms with Crippen LogP contribution in [0.15, 0.2) is 0 Å². The van der Waals surface area contributed by atoms with Gasteiger partial charge in [0.25, 0.3) is 5.97 Å². The predicted molar refractivity (Wildman–Crippen MR) is 40.1 cm³/mol. The molecule has 0 fully saturated rings. The minimum absolute atomic E-state index is 0. The second-order valence-corrected chi connectivity index (χ2v) is 2.32. The Labute approximate surface area is 86.7 Å². The maximum absolute atomic E-state index is 9.00. The van der Waals surface area contributed by atoms with E-state index in [1.54, 1.807) is 0 Å². The van der Waals surface area contributed by atoms with E-state index in [0.717, 1.165) is 6.92 Å². The topological polar surface area (TPSA) is 153 Å². The molecule has 0 aromatic heterocycles. The van der Waals surface area contributed by atoms with Crippen molar-refractivity contribution in [2.24, 2.45) is 0 Å². The molecule has 7 nitrogen and oxygen atoms in total. The zero-order valence-corrected chi connectivity index (χ0v) is 6.35. The third kappa shape index (κ3) is 3190. The molecule has 0 bridgehead atoms. The SMILES string of the molecule is CC(=O)O.N.O[Si](O)(O)O.[NaH]. The Bertz CT molecular complexity index is 83.1. The van der Waals surface area contributed by atoms with Crippen LogP contribution in [0.2, 0.25) is 0 Å². The Kier molecular flexibility index (Phi) is 21.5. The molecule has 0 rings (SSSR count). The van der Waals surface area contributed by atoms with Crippen LogP contribution in [0.25, 0.3) is 0 Å². The molecule has 0 aromatic rings. The number of hydrogen-bond donors (Lipinski definition) is 6. The van der Waals surface area contributed by atoms with Gasteiger partial charge in [-0.05, 0) is 0 Å². The molecule has 0 amide bonds. The van der Waals surface area contributed by atoms with E-state index in [-0.39, 0.29) is 35.7 Å². The van der Waals surface area contributed by atoms with E-state index >= 15 is 0 Å². The van der Waals surface area contributed by atoms with E-state index < -0.39 is 15.0 Å². The van der Waals surface area contributed by atoms with Crippen LogP contribution in [0.5, 0.6) is 0 Å². The van der Waals surface area contributed by atoms with Crippen LogP contribution in [0.4, 0.5) is 0 Å². The van der Waals surface area contributed by atoms with Crippen LogP contribution in [-0.4, -0.2) is 68.9 Å². The average Bonchev–Trinajstić information content (AvgIpc) is 1.19. The van der Waals surface area contributed by atoms with Gasteiger partial charge < -0.3 is 30.4 Å². The summed E-state index contributed by atoms with van der Waals surface area (Å²) in [5, 5.41) is 7.42. The van der Waals surface area contributed by atoms with E-state index in [1.165, 1.54) is 0 Å². The molecule has 0 aliphatic heterocycles.